The zero-order chi connectivity index (χ0) is 12.1. The molecule has 0 fully saturated rings. The lowest BCUT2D eigenvalue weighted by molar-refractivity contribution is -0.142. The lowest BCUT2D eigenvalue weighted by Crippen LogP contribution is -2.08. The highest BCUT2D eigenvalue weighted by Gasteiger charge is 2.11. The molecule has 1 rings (SSSR count). The fourth-order valence-corrected chi connectivity index (χ4v) is 2.18. The smallest absolute Gasteiger partial charge is 0.310 e. The predicted molar refractivity (Wildman–Crippen MR) is 69.2 cm³/mol. The molecule has 5 heteroatoms. The fraction of sp³-hybridized carbons (Fsp3) is 0.273. The maximum Gasteiger partial charge on any atom is 0.310 e. The lowest BCUT2D eigenvalue weighted by atomic mass is 10.1. The third-order valence-electron chi connectivity index (χ3n) is 1.90. The second-order valence-corrected chi connectivity index (χ2v) is 4.59. The molecule has 0 saturated carbocycles. The summed E-state index contributed by atoms with van der Waals surface area (Å²) in [5.74, 6) is -0.338. The van der Waals surface area contributed by atoms with Gasteiger partial charge in [-0.05, 0) is 47.2 Å². The number of hydrogen-bond acceptors (Lipinski definition) is 3. The number of benzene rings is 1. The van der Waals surface area contributed by atoms with Crippen molar-refractivity contribution in [3.8, 4) is 6.07 Å². The van der Waals surface area contributed by atoms with Crippen LogP contribution in [0.5, 0.6) is 0 Å². The van der Waals surface area contributed by atoms with Gasteiger partial charge < -0.3 is 4.74 Å². The van der Waals surface area contributed by atoms with Gasteiger partial charge in [-0.25, -0.2) is 0 Å². The highest BCUT2D eigenvalue weighted by molar-refractivity contribution is 14.1. The molecule has 0 atom stereocenters. The summed E-state index contributed by atoms with van der Waals surface area (Å²) in [5.41, 5.74) is 1.14. The molecular formula is C11H9ClINO2. The Bertz CT molecular complexity index is 454. The summed E-state index contributed by atoms with van der Waals surface area (Å²) in [4.78, 5) is 11.3. The first-order valence-corrected chi connectivity index (χ1v) is 6.07. The average molecular weight is 350 g/mol. The minimum atomic E-state index is -0.338. The Hall–Kier alpha value is -0.800. The molecule has 0 bridgehead atoms. The first-order chi connectivity index (χ1) is 7.58. The van der Waals surface area contributed by atoms with Crippen LogP contribution in [0.2, 0.25) is 5.02 Å². The molecular weight excluding hydrogens is 340 g/mol. The zero-order valence-electron chi connectivity index (χ0n) is 8.59. The van der Waals surface area contributed by atoms with Crippen molar-refractivity contribution < 1.29 is 9.53 Å². The first-order valence-electron chi connectivity index (χ1n) is 4.62. The lowest BCUT2D eigenvalue weighted by Gasteiger charge is -2.06. The van der Waals surface area contributed by atoms with Gasteiger partial charge >= 0.3 is 5.97 Å². The van der Waals surface area contributed by atoms with E-state index in [9.17, 15) is 4.79 Å². The van der Waals surface area contributed by atoms with Gasteiger partial charge in [0, 0.05) is 8.59 Å². The van der Waals surface area contributed by atoms with E-state index in [0.29, 0.717) is 22.8 Å². The van der Waals surface area contributed by atoms with Gasteiger partial charge in [0.1, 0.15) is 6.07 Å². The summed E-state index contributed by atoms with van der Waals surface area (Å²) >= 11 is 8.01. The molecule has 0 radical (unpaired) electrons. The molecule has 1 aromatic rings. The number of nitriles is 1. The molecule has 0 saturated heterocycles. The Kier molecular flexibility index (Phi) is 5.03. The maximum absolute atomic E-state index is 11.3. The summed E-state index contributed by atoms with van der Waals surface area (Å²) in [6, 6.07) is 5.35. The van der Waals surface area contributed by atoms with Crippen molar-refractivity contribution in [2.45, 2.75) is 13.3 Å². The molecule has 1 aromatic carbocycles. The van der Waals surface area contributed by atoms with Crippen molar-refractivity contribution in [3.05, 3.63) is 31.9 Å². The van der Waals surface area contributed by atoms with Crippen molar-refractivity contribution in [3.63, 3.8) is 0 Å². The number of nitrogens with zero attached hydrogens (tertiary/aromatic N) is 1. The van der Waals surface area contributed by atoms with Crippen LogP contribution in [-0.2, 0) is 16.0 Å². The van der Waals surface area contributed by atoms with Gasteiger partial charge in [0.05, 0.1) is 18.6 Å². The third-order valence-corrected chi connectivity index (χ3v) is 3.14. The molecule has 0 aliphatic heterocycles. The summed E-state index contributed by atoms with van der Waals surface area (Å²) in [6.45, 7) is 2.08. The van der Waals surface area contributed by atoms with E-state index in [2.05, 4.69) is 0 Å². The van der Waals surface area contributed by atoms with Crippen molar-refractivity contribution in [1.29, 1.82) is 5.26 Å². The summed E-state index contributed by atoms with van der Waals surface area (Å²) in [7, 11) is 0. The van der Waals surface area contributed by atoms with E-state index >= 15 is 0 Å². The zero-order valence-corrected chi connectivity index (χ0v) is 11.5. The van der Waals surface area contributed by atoms with E-state index in [4.69, 9.17) is 21.6 Å². The molecule has 0 amide bonds. The SMILES string of the molecule is CCOC(=O)Cc1cc(C#N)c(I)cc1Cl. The molecule has 16 heavy (non-hydrogen) atoms. The van der Waals surface area contributed by atoms with Crippen LogP contribution in [0, 0.1) is 14.9 Å². The van der Waals surface area contributed by atoms with Crippen LogP contribution < -0.4 is 0 Å². The van der Waals surface area contributed by atoms with Gasteiger partial charge in [-0.15, -0.1) is 0 Å². The van der Waals surface area contributed by atoms with Gasteiger partial charge in [0.25, 0.3) is 0 Å². The summed E-state index contributed by atoms with van der Waals surface area (Å²) in [5, 5.41) is 9.34. The standard InChI is InChI=1S/C11H9ClINO2/c1-2-16-11(15)4-7-3-8(6-14)10(13)5-9(7)12/h3,5H,2,4H2,1H3. The van der Waals surface area contributed by atoms with Crippen LogP contribution in [0.25, 0.3) is 0 Å². The molecule has 0 aliphatic rings. The number of esters is 1. The van der Waals surface area contributed by atoms with E-state index in [-0.39, 0.29) is 12.4 Å². The largest absolute Gasteiger partial charge is 0.466 e. The predicted octanol–water partition coefficient (Wildman–Crippen LogP) is 2.92. The summed E-state index contributed by atoms with van der Waals surface area (Å²) in [6.07, 6.45) is 0.0955. The minimum absolute atomic E-state index is 0.0955. The molecule has 0 spiro atoms. The molecule has 0 aliphatic carbocycles. The average Bonchev–Trinajstić information content (AvgIpc) is 2.22. The second-order valence-electron chi connectivity index (χ2n) is 3.02. The molecule has 0 aromatic heterocycles. The quantitative estimate of drug-likeness (QED) is 0.623. The monoisotopic (exact) mass is 349 g/mol. The Morgan fingerprint density at radius 1 is 1.62 bits per heavy atom. The third kappa shape index (κ3) is 3.35. The maximum atomic E-state index is 11.3. The van der Waals surface area contributed by atoms with E-state index in [1.54, 1.807) is 19.1 Å². The highest BCUT2D eigenvalue weighted by atomic mass is 127. The number of rotatable bonds is 3. The van der Waals surface area contributed by atoms with Crippen molar-refractivity contribution in [2.24, 2.45) is 0 Å². The van der Waals surface area contributed by atoms with Gasteiger partial charge in [-0.2, -0.15) is 5.26 Å². The number of halogens is 2. The Morgan fingerprint density at radius 3 is 2.88 bits per heavy atom. The van der Waals surface area contributed by atoms with Crippen LogP contribution in [-0.4, -0.2) is 12.6 Å². The fourth-order valence-electron chi connectivity index (χ4n) is 1.18. The van der Waals surface area contributed by atoms with Crippen LogP contribution in [0.3, 0.4) is 0 Å². The summed E-state index contributed by atoms with van der Waals surface area (Å²) < 4.78 is 5.60. The van der Waals surface area contributed by atoms with Gasteiger partial charge in [0.2, 0.25) is 0 Å². The van der Waals surface area contributed by atoms with Crippen LogP contribution >= 0.6 is 34.2 Å². The van der Waals surface area contributed by atoms with E-state index in [1.807, 2.05) is 28.7 Å². The number of hydrogen-bond donors (Lipinski definition) is 0. The van der Waals surface area contributed by atoms with Gasteiger partial charge in [-0.3, -0.25) is 4.79 Å². The Morgan fingerprint density at radius 2 is 2.31 bits per heavy atom. The Labute approximate surface area is 112 Å². The molecule has 84 valence electrons. The Balaban J connectivity index is 2.97. The number of ether oxygens (including phenoxy) is 1. The van der Waals surface area contributed by atoms with E-state index in [1.165, 1.54) is 0 Å². The van der Waals surface area contributed by atoms with Crippen molar-refractivity contribution in [1.82, 2.24) is 0 Å². The topological polar surface area (TPSA) is 50.1 Å². The first kappa shape index (κ1) is 13.3. The molecule has 3 nitrogen and oxygen atoms in total. The molecule has 0 heterocycles. The number of carbonyl (C=O) groups is 1. The van der Waals surface area contributed by atoms with E-state index < -0.39 is 0 Å². The van der Waals surface area contributed by atoms with Crippen molar-refractivity contribution >= 4 is 40.2 Å². The highest BCUT2D eigenvalue weighted by Crippen LogP contribution is 2.23. The van der Waals surface area contributed by atoms with Crippen LogP contribution in [0.15, 0.2) is 12.1 Å². The molecule has 0 unspecified atom stereocenters. The van der Waals surface area contributed by atoms with Crippen LogP contribution in [0.4, 0.5) is 0 Å². The molecule has 0 N–H and O–H groups in total. The van der Waals surface area contributed by atoms with Crippen molar-refractivity contribution in [2.75, 3.05) is 6.61 Å². The van der Waals surface area contributed by atoms with Gasteiger partial charge in [-0.1, -0.05) is 11.6 Å². The number of carbonyl (C=O) groups excluding carboxylic acids is 1. The second kappa shape index (κ2) is 6.06. The van der Waals surface area contributed by atoms with E-state index in [0.717, 1.165) is 3.57 Å². The van der Waals surface area contributed by atoms with Crippen LogP contribution in [0.1, 0.15) is 18.1 Å². The normalized spacial score (nSPS) is 9.62. The minimum Gasteiger partial charge on any atom is -0.466 e. The van der Waals surface area contributed by atoms with Gasteiger partial charge in [0.15, 0.2) is 0 Å².